The number of ether oxygens (including phenoxy) is 1. The first-order valence-electron chi connectivity index (χ1n) is 14.6. The first-order valence-corrected chi connectivity index (χ1v) is 14.6. The maximum Gasteiger partial charge on any atom is 0.305 e. The molecule has 0 heterocycles. The second-order valence-corrected chi connectivity index (χ2v) is 9.02. The van der Waals surface area contributed by atoms with Crippen molar-refractivity contribution in [2.45, 2.75) is 87.2 Å². The highest BCUT2D eigenvalue weighted by Crippen LogP contribution is 2.25. The summed E-state index contributed by atoms with van der Waals surface area (Å²) < 4.78 is 17.9. The van der Waals surface area contributed by atoms with Gasteiger partial charge in [0.15, 0.2) is 0 Å². The summed E-state index contributed by atoms with van der Waals surface area (Å²) in [4.78, 5) is 25.3. The molecule has 1 aromatic carbocycles. The average molecular weight is 613 g/mol. The number of rotatable bonds is 12. The molecular formula is C34H61FN2O6. The number of carbonyl (C=O) groups excluding carboxylic acids is 1. The molecule has 1 atom stereocenters. The van der Waals surface area contributed by atoms with Crippen molar-refractivity contribution in [1.29, 1.82) is 0 Å². The number of nitrogens with zero attached hydrogens (tertiary/aromatic N) is 2. The second kappa shape index (κ2) is 35.1. The molecule has 0 saturated heterocycles. The number of halogens is 1. The van der Waals surface area contributed by atoms with Crippen LogP contribution in [0.1, 0.15) is 86.6 Å². The molecule has 0 radical (unpaired) electrons. The van der Waals surface area contributed by atoms with E-state index < -0.39 is 12.1 Å². The highest BCUT2D eigenvalue weighted by atomic mass is 19.1. The van der Waals surface area contributed by atoms with Gasteiger partial charge in [-0.1, -0.05) is 78.8 Å². The predicted molar refractivity (Wildman–Crippen MR) is 181 cm³/mol. The van der Waals surface area contributed by atoms with Gasteiger partial charge < -0.3 is 29.8 Å². The lowest BCUT2D eigenvalue weighted by molar-refractivity contribution is -0.139. The van der Waals surface area contributed by atoms with Crippen molar-refractivity contribution in [2.24, 2.45) is 10.9 Å². The highest BCUT2D eigenvalue weighted by molar-refractivity contribution is 6.09. The zero-order chi connectivity index (χ0) is 35.0. The zero-order valence-electron chi connectivity index (χ0n) is 28.9. The number of aliphatic imine (C=N–C) groups is 1. The van der Waals surface area contributed by atoms with Crippen LogP contribution in [-0.2, 0) is 14.3 Å². The molecule has 0 aliphatic carbocycles. The maximum atomic E-state index is 13.4. The molecule has 0 aliphatic rings. The topological polar surface area (TPSA) is 120 Å². The molecule has 0 aromatic heterocycles. The summed E-state index contributed by atoms with van der Waals surface area (Å²) in [7, 11) is 6.43. The quantitative estimate of drug-likeness (QED) is 0.166. The van der Waals surface area contributed by atoms with Gasteiger partial charge in [-0.25, -0.2) is 9.38 Å². The van der Waals surface area contributed by atoms with E-state index in [4.69, 9.17) is 20.0 Å². The summed E-state index contributed by atoms with van der Waals surface area (Å²) in [6, 6.07) is 6.31. The third-order valence-corrected chi connectivity index (χ3v) is 4.92. The number of benzene rings is 1. The van der Waals surface area contributed by atoms with E-state index in [-0.39, 0.29) is 18.2 Å². The van der Waals surface area contributed by atoms with Crippen LogP contribution in [0.25, 0.3) is 5.57 Å². The first-order chi connectivity index (χ1) is 20.4. The van der Waals surface area contributed by atoms with E-state index in [1.165, 1.54) is 18.6 Å². The van der Waals surface area contributed by atoms with E-state index in [1.54, 1.807) is 19.2 Å². The molecule has 0 spiro atoms. The van der Waals surface area contributed by atoms with E-state index in [9.17, 15) is 14.3 Å². The Hall–Kier alpha value is -3.14. The van der Waals surface area contributed by atoms with E-state index in [1.807, 2.05) is 79.5 Å². The highest BCUT2D eigenvalue weighted by Gasteiger charge is 2.15. The van der Waals surface area contributed by atoms with E-state index in [0.29, 0.717) is 18.7 Å². The summed E-state index contributed by atoms with van der Waals surface area (Å²) >= 11 is 0. The maximum absolute atomic E-state index is 13.4. The number of aliphatic carboxylic acids is 1. The van der Waals surface area contributed by atoms with Crippen LogP contribution < -0.4 is 0 Å². The van der Waals surface area contributed by atoms with Gasteiger partial charge in [-0.05, 0) is 61.4 Å². The van der Waals surface area contributed by atoms with E-state index in [2.05, 4.69) is 25.2 Å². The number of carbonyl (C=O) groups is 2. The van der Waals surface area contributed by atoms with Crippen LogP contribution in [-0.4, -0.2) is 79.7 Å². The van der Waals surface area contributed by atoms with Crippen LogP contribution in [0, 0.1) is 11.7 Å². The van der Waals surface area contributed by atoms with Gasteiger partial charge in [0, 0.05) is 34.9 Å². The number of allylic oxidation sites excluding steroid dienone is 4. The number of methoxy groups -OCH3 is 1. The predicted octanol–water partition coefficient (Wildman–Crippen LogP) is 7.42. The van der Waals surface area contributed by atoms with Gasteiger partial charge in [-0.15, -0.1) is 0 Å². The van der Waals surface area contributed by atoms with Crippen LogP contribution in [0.3, 0.4) is 0 Å². The van der Waals surface area contributed by atoms with Gasteiger partial charge in [0.25, 0.3) is 0 Å². The number of hydrogen-bond acceptors (Lipinski definition) is 7. The van der Waals surface area contributed by atoms with Gasteiger partial charge in [0.2, 0.25) is 0 Å². The largest absolute Gasteiger partial charge is 0.481 e. The summed E-state index contributed by atoms with van der Waals surface area (Å²) in [5.41, 5.74) is 3.56. The number of carboxylic acid groups (broad SMARTS) is 1. The molecule has 250 valence electrons. The van der Waals surface area contributed by atoms with Crippen LogP contribution >= 0.6 is 0 Å². The number of carboxylic acids is 1. The second-order valence-electron chi connectivity index (χ2n) is 9.02. The van der Waals surface area contributed by atoms with Crippen molar-refractivity contribution >= 4 is 24.0 Å². The Morgan fingerprint density at radius 3 is 1.88 bits per heavy atom. The third kappa shape index (κ3) is 28.7. The number of aliphatic hydroxyl groups is 2. The molecular weight excluding hydrogens is 551 g/mol. The minimum Gasteiger partial charge on any atom is -0.481 e. The van der Waals surface area contributed by atoms with Gasteiger partial charge in [0.05, 0.1) is 18.2 Å². The van der Waals surface area contributed by atoms with Crippen LogP contribution in [0.4, 0.5) is 4.39 Å². The fraction of sp³-hybridized carbons (Fsp3) is 0.559. The molecule has 1 rings (SSSR count). The Morgan fingerprint density at radius 2 is 1.53 bits per heavy atom. The van der Waals surface area contributed by atoms with Crippen molar-refractivity contribution < 1.29 is 34.0 Å². The first kappa shape index (κ1) is 49.5. The minimum atomic E-state index is -1.02. The fourth-order valence-electron chi connectivity index (χ4n) is 2.79. The monoisotopic (exact) mass is 612 g/mol. The zero-order valence-corrected chi connectivity index (χ0v) is 28.9. The van der Waals surface area contributed by atoms with Crippen molar-refractivity contribution in [3.8, 4) is 0 Å². The Balaban J connectivity index is -0.000000318. The Bertz CT molecular complexity index is 893. The molecule has 1 unspecified atom stereocenters. The van der Waals surface area contributed by atoms with Crippen LogP contribution in [0.2, 0.25) is 0 Å². The van der Waals surface area contributed by atoms with E-state index >= 15 is 0 Å². The van der Waals surface area contributed by atoms with Crippen molar-refractivity contribution in [2.75, 3.05) is 34.9 Å². The number of aliphatic hydroxyl groups excluding tert-OH is 2. The molecule has 1 aromatic rings. The lowest BCUT2D eigenvalue weighted by Crippen LogP contribution is -2.16. The van der Waals surface area contributed by atoms with Gasteiger partial charge in [-0.2, -0.15) is 0 Å². The molecule has 0 aliphatic heterocycles. The normalized spacial score (nSPS) is 11.3. The lowest BCUT2D eigenvalue weighted by atomic mass is 9.91. The molecule has 0 fully saturated rings. The third-order valence-electron chi connectivity index (χ3n) is 4.92. The summed E-state index contributed by atoms with van der Waals surface area (Å²) in [6.45, 7) is 23.1. The standard InChI is InChI=1S/C24H33FN2O3.C3H8O.C3H8.C2H6.CH4O.CH2O/c1-16(2)24(26-18(4)27(5)6)22(10-8-7-9-21(28)15-23(29)30)17(3)19-11-13-20(25)14-12-19;1-3-4-2;1-3-2;3*1-2/h8,10-14,16,21,28H,4,7,9,15H2,1-3,5-6H3,(H,29,30);3H2,1-2H3;3H2,1-2H3;1-2H3;2H,1H3;1H2/b10-8+,22-17+,26-24-;;;;;. The Labute approximate surface area is 261 Å². The van der Waals surface area contributed by atoms with Crippen molar-refractivity contribution in [1.82, 2.24) is 4.90 Å². The molecule has 9 heteroatoms. The smallest absolute Gasteiger partial charge is 0.305 e. The van der Waals surface area contributed by atoms with Crippen molar-refractivity contribution in [3.05, 3.63) is 65.8 Å². The van der Waals surface area contributed by atoms with Crippen molar-refractivity contribution in [3.63, 3.8) is 0 Å². The Morgan fingerprint density at radius 1 is 1.09 bits per heavy atom. The Kier molecular flexibility index (Phi) is 40.4. The molecule has 43 heavy (non-hydrogen) atoms. The molecule has 0 amide bonds. The van der Waals surface area contributed by atoms with Gasteiger partial charge >= 0.3 is 5.97 Å². The summed E-state index contributed by atoms with van der Waals surface area (Å²) in [5, 5.41) is 25.5. The molecule has 0 bridgehead atoms. The lowest BCUT2D eigenvalue weighted by Gasteiger charge is -2.19. The number of hydrogen-bond donors (Lipinski definition) is 3. The molecule has 0 saturated carbocycles. The summed E-state index contributed by atoms with van der Waals surface area (Å²) in [5.74, 6) is -0.590. The van der Waals surface area contributed by atoms with Gasteiger partial charge in [-0.3, -0.25) is 4.79 Å². The molecule has 8 nitrogen and oxygen atoms in total. The average Bonchev–Trinajstić information content (AvgIpc) is 2.99. The summed E-state index contributed by atoms with van der Waals surface area (Å²) in [6.07, 6.45) is 4.81. The van der Waals surface area contributed by atoms with E-state index in [0.717, 1.165) is 36.1 Å². The SMILES string of the molecule is C=C(\N=C(C(/C=C/CCC(O)CC(=O)O)=C(\C)c1ccc(F)cc1)\C(C)C)N(C)C.C=O.CC.CCC.CCOC.CO. The fourth-order valence-corrected chi connectivity index (χ4v) is 2.79. The molecule has 3 N–H and O–H groups in total. The van der Waals surface area contributed by atoms with Crippen LogP contribution in [0.5, 0.6) is 0 Å². The van der Waals surface area contributed by atoms with Crippen LogP contribution in [0.15, 0.2) is 59.4 Å². The minimum absolute atomic E-state index is 0.106. The van der Waals surface area contributed by atoms with Gasteiger partial charge in [0.1, 0.15) is 18.4 Å².